The van der Waals surface area contributed by atoms with Gasteiger partial charge in [-0.3, -0.25) is 0 Å². The second-order valence-electron chi connectivity index (χ2n) is 3.95. The molecule has 1 aromatic carbocycles. The summed E-state index contributed by atoms with van der Waals surface area (Å²) < 4.78 is 0. The molecule has 0 saturated heterocycles. The SMILES string of the molecule is Cc1ccc(NC(=O)Nc2cc(Cl)nc(Cl)c2)cc1. The Morgan fingerprint density at radius 1 is 1.00 bits per heavy atom. The van der Waals surface area contributed by atoms with Gasteiger partial charge in [-0.25, -0.2) is 9.78 Å². The maximum absolute atomic E-state index is 11.8. The van der Waals surface area contributed by atoms with Crippen molar-refractivity contribution in [1.29, 1.82) is 0 Å². The van der Waals surface area contributed by atoms with Gasteiger partial charge in [0.25, 0.3) is 0 Å². The minimum Gasteiger partial charge on any atom is -0.308 e. The Labute approximate surface area is 120 Å². The molecule has 1 aromatic heterocycles. The van der Waals surface area contributed by atoms with Gasteiger partial charge in [-0.05, 0) is 31.2 Å². The van der Waals surface area contributed by atoms with E-state index in [2.05, 4.69) is 15.6 Å². The summed E-state index contributed by atoms with van der Waals surface area (Å²) in [5, 5.41) is 5.77. The highest BCUT2D eigenvalue weighted by atomic mass is 35.5. The zero-order chi connectivity index (χ0) is 13.8. The van der Waals surface area contributed by atoms with Crippen LogP contribution in [0.3, 0.4) is 0 Å². The summed E-state index contributed by atoms with van der Waals surface area (Å²) in [5.74, 6) is 0. The van der Waals surface area contributed by atoms with E-state index in [1.165, 1.54) is 12.1 Å². The molecule has 0 spiro atoms. The Kier molecular flexibility index (Phi) is 4.24. The Balaban J connectivity index is 2.03. The first-order valence-corrected chi connectivity index (χ1v) is 6.26. The van der Waals surface area contributed by atoms with Gasteiger partial charge >= 0.3 is 6.03 Å². The molecule has 0 atom stereocenters. The Hall–Kier alpha value is -1.78. The van der Waals surface area contributed by atoms with Crippen LogP contribution in [0.4, 0.5) is 16.2 Å². The van der Waals surface area contributed by atoms with Gasteiger partial charge in [0.15, 0.2) is 0 Å². The number of carbonyl (C=O) groups excluding carboxylic acids is 1. The van der Waals surface area contributed by atoms with Crippen LogP contribution in [0, 0.1) is 6.92 Å². The number of benzene rings is 1. The highest BCUT2D eigenvalue weighted by molar-refractivity contribution is 6.33. The van der Waals surface area contributed by atoms with Gasteiger partial charge in [-0.1, -0.05) is 40.9 Å². The van der Waals surface area contributed by atoms with Gasteiger partial charge in [0, 0.05) is 11.4 Å². The summed E-state index contributed by atoms with van der Waals surface area (Å²) >= 11 is 11.5. The number of nitrogens with zero attached hydrogens (tertiary/aromatic N) is 1. The number of rotatable bonds is 2. The van der Waals surface area contributed by atoms with Crippen molar-refractivity contribution in [3.63, 3.8) is 0 Å². The maximum Gasteiger partial charge on any atom is 0.323 e. The molecule has 0 saturated carbocycles. The van der Waals surface area contributed by atoms with Gasteiger partial charge in [-0.15, -0.1) is 0 Å². The standard InChI is InChI=1S/C13H11Cl2N3O/c1-8-2-4-9(5-3-8)16-13(19)17-10-6-11(14)18-12(15)7-10/h2-7H,1H3,(H2,16,17,18,19). The molecule has 0 bridgehead atoms. The summed E-state index contributed by atoms with van der Waals surface area (Å²) in [6.07, 6.45) is 0. The van der Waals surface area contributed by atoms with Crippen LogP contribution in [0.25, 0.3) is 0 Å². The smallest absolute Gasteiger partial charge is 0.308 e. The fraction of sp³-hybridized carbons (Fsp3) is 0.0769. The molecular formula is C13H11Cl2N3O. The third-order valence-corrected chi connectivity index (χ3v) is 2.72. The molecule has 0 unspecified atom stereocenters. The first-order chi connectivity index (χ1) is 9.02. The third-order valence-electron chi connectivity index (χ3n) is 2.33. The lowest BCUT2D eigenvalue weighted by Crippen LogP contribution is -2.19. The van der Waals surface area contributed by atoms with Crippen molar-refractivity contribution in [2.24, 2.45) is 0 Å². The molecule has 2 amide bonds. The van der Waals surface area contributed by atoms with E-state index in [0.29, 0.717) is 11.4 Å². The second kappa shape index (κ2) is 5.91. The van der Waals surface area contributed by atoms with E-state index in [1.54, 1.807) is 0 Å². The quantitative estimate of drug-likeness (QED) is 0.810. The molecule has 1 heterocycles. The second-order valence-corrected chi connectivity index (χ2v) is 4.72. The number of pyridine rings is 1. The molecule has 0 fully saturated rings. The molecule has 2 N–H and O–H groups in total. The highest BCUT2D eigenvalue weighted by Crippen LogP contribution is 2.19. The van der Waals surface area contributed by atoms with Crippen LogP contribution in [0.15, 0.2) is 36.4 Å². The van der Waals surface area contributed by atoms with Crippen molar-refractivity contribution in [2.45, 2.75) is 6.92 Å². The summed E-state index contributed by atoms with van der Waals surface area (Å²) in [5.41, 5.74) is 2.31. The van der Waals surface area contributed by atoms with Crippen molar-refractivity contribution in [3.8, 4) is 0 Å². The fourth-order valence-corrected chi connectivity index (χ4v) is 1.93. The number of hydrogen-bond acceptors (Lipinski definition) is 2. The molecule has 0 aliphatic carbocycles. The fourth-order valence-electron chi connectivity index (χ4n) is 1.47. The molecule has 2 aromatic rings. The van der Waals surface area contributed by atoms with Gasteiger partial charge in [0.05, 0.1) is 0 Å². The predicted octanol–water partition coefficient (Wildman–Crippen LogP) is 4.34. The van der Waals surface area contributed by atoms with E-state index < -0.39 is 0 Å². The predicted molar refractivity (Wildman–Crippen MR) is 78.1 cm³/mol. The number of carbonyl (C=O) groups is 1. The van der Waals surface area contributed by atoms with E-state index in [-0.39, 0.29) is 16.3 Å². The maximum atomic E-state index is 11.8. The van der Waals surface area contributed by atoms with E-state index in [1.807, 2.05) is 31.2 Å². The van der Waals surface area contributed by atoms with Gasteiger partial charge < -0.3 is 10.6 Å². The van der Waals surface area contributed by atoms with Crippen molar-refractivity contribution < 1.29 is 4.79 Å². The van der Waals surface area contributed by atoms with Crippen LogP contribution in [-0.2, 0) is 0 Å². The zero-order valence-corrected chi connectivity index (χ0v) is 11.6. The Morgan fingerprint density at radius 2 is 1.53 bits per heavy atom. The average molecular weight is 296 g/mol. The van der Waals surface area contributed by atoms with Crippen LogP contribution in [0.2, 0.25) is 10.3 Å². The van der Waals surface area contributed by atoms with E-state index >= 15 is 0 Å². The van der Waals surface area contributed by atoms with Crippen LogP contribution < -0.4 is 10.6 Å². The molecule has 19 heavy (non-hydrogen) atoms. The molecule has 98 valence electrons. The lowest BCUT2D eigenvalue weighted by molar-refractivity contribution is 0.262. The monoisotopic (exact) mass is 295 g/mol. The largest absolute Gasteiger partial charge is 0.323 e. The van der Waals surface area contributed by atoms with Crippen LogP contribution >= 0.6 is 23.2 Å². The van der Waals surface area contributed by atoms with Crippen LogP contribution in [0.1, 0.15) is 5.56 Å². The molecule has 4 nitrogen and oxygen atoms in total. The van der Waals surface area contributed by atoms with Crippen LogP contribution in [-0.4, -0.2) is 11.0 Å². The number of amides is 2. The molecular weight excluding hydrogens is 285 g/mol. The average Bonchev–Trinajstić information content (AvgIpc) is 2.30. The minimum atomic E-state index is -0.373. The third kappa shape index (κ3) is 4.12. The lowest BCUT2D eigenvalue weighted by Gasteiger charge is -2.08. The summed E-state index contributed by atoms with van der Waals surface area (Å²) in [6, 6.07) is 10.1. The minimum absolute atomic E-state index is 0.220. The molecule has 6 heteroatoms. The summed E-state index contributed by atoms with van der Waals surface area (Å²) in [6.45, 7) is 1.98. The topological polar surface area (TPSA) is 54.0 Å². The van der Waals surface area contributed by atoms with Crippen molar-refractivity contribution in [1.82, 2.24) is 4.98 Å². The molecule has 0 aliphatic heterocycles. The van der Waals surface area contributed by atoms with Crippen molar-refractivity contribution in [2.75, 3.05) is 10.6 Å². The number of aryl methyl sites for hydroxylation is 1. The lowest BCUT2D eigenvalue weighted by atomic mass is 10.2. The first kappa shape index (κ1) is 13.6. The molecule has 0 radical (unpaired) electrons. The van der Waals surface area contributed by atoms with E-state index in [9.17, 15) is 4.79 Å². The number of halogens is 2. The van der Waals surface area contributed by atoms with Gasteiger partial charge in [0.1, 0.15) is 10.3 Å². The number of urea groups is 1. The van der Waals surface area contributed by atoms with Gasteiger partial charge in [-0.2, -0.15) is 0 Å². The highest BCUT2D eigenvalue weighted by Gasteiger charge is 2.05. The summed E-state index contributed by atoms with van der Waals surface area (Å²) in [4.78, 5) is 15.6. The molecule has 0 aliphatic rings. The van der Waals surface area contributed by atoms with Crippen molar-refractivity contribution in [3.05, 3.63) is 52.3 Å². The summed E-state index contributed by atoms with van der Waals surface area (Å²) in [7, 11) is 0. The number of nitrogens with one attached hydrogen (secondary N) is 2. The zero-order valence-electron chi connectivity index (χ0n) is 10.1. The Morgan fingerprint density at radius 3 is 2.11 bits per heavy atom. The number of anilines is 2. The van der Waals surface area contributed by atoms with E-state index in [0.717, 1.165) is 5.56 Å². The van der Waals surface area contributed by atoms with Crippen LogP contribution in [0.5, 0.6) is 0 Å². The molecule has 2 rings (SSSR count). The first-order valence-electron chi connectivity index (χ1n) is 5.51. The normalized spacial score (nSPS) is 10.1. The van der Waals surface area contributed by atoms with E-state index in [4.69, 9.17) is 23.2 Å². The Bertz CT molecular complexity index is 579. The number of aromatic nitrogens is 1. The van der Waals surface area contributed by atoms with Crippen molar-refractivity contribution >= 4 is 40.6 Å². The van der Waals surface area contributed by atoms with Gasteiger partial charge in [0.2, 0.25) is 0 Å². The number of hydrogen-bond donors (Lipinski definition) is 2.